The number of hydrogen-bond donors (Lipinski definition) is 3. The number of nitrogen functional groups attached to an aromatic ring is 1. The monoisotopic (exact) mass is 411 g/mol. The van der Waals surface area contributed by atoms with Gasteiger partial charge < -0.3 is 21.5 Å². The molecule has 5 N–H and O–H groups in total. The predicted molar refractivity (Wildman–Crippen MR) is 111 cm³/mol. The van der Waals surface area contributed by atoms with E-state index in [-0.39, 0.29) is 22.2 Å². The van der Waals surface area contributed by atoms with Gasteiger partial charge in [-0.15, -0.1) is 11.3 Å². The van der Waals surface area contributed by atoms with Crippen LogP contribution in [-0.4, -0.2) is 35.2 Å². The van der Waals surface area contributed by atoms with E-state index < -0.39 is 11.8 Å². The summed E-state index contributed by atoms with van der Waals surface area (Å²) in [6.45, 7) is 1.46. The molecule has 1 saturated heterocycles. The van der Waals surface area contributed by atoms with Gasteiger partial charge in [-0.25, -0.2) is 14.2 Å². The van der Waals surface area contributed by atoms with Crippen LogP contribution in [0.15, 0.2) is 24.3 Å². The number of hydrogen-bond acceptors (Lipinski definition) is 7. The minimum absolute atomic E-state index is 0.000633. The van der Waals surface area contributed by atoms with E-state index >= 15 is 0 Å². The Kier molecular flexibility index (Phi) is 4.82. The first kappa shape index (κ1) is 19.1. The number of nitrogens with two attached hydrogens (primary N) is 2. The van der Waals surface area contributed by atoms with Crippen molar-refractivity contribution in [2.24, 2.45) is 5.73 Å². The number of carbonyl (C=O) groups is 1. The number of nitriles is 1. The van der Waals surface area contributed by atoms with Gasteiger partial charge in [0.1, 0.15) is 27.4 Å². The number of anilines is 2. The Morgan fingerprint density at radius 1 is 1.34 bits per heavy atom. The maximum absolute atomic E-state index is 14.3. The average molecular weight is 411 g/mol. The molecule has 3 heterocycles. The molecule has 0 saturated carbocycles. The molecule has 1 aliphatic heterocycles. The summed E-state index contributed by atoms with van der Waals surface area (Å²) in [7, 11) is 0. The molecule has 0 radical (unpaired) electrons. The lowest BCUT2D eigenvalue weighted by molar-refractivity contribution is 0.0703. The van der Waals surface area contributed by atoms with E-state index in [1.165, 1.54) is 12.1 Å². The van der Waals surface area contributed by atoms with Crippen LogP contribution in [0, 0.1) is 17.1 Å². The molecule has 1 fully saturated rings. The molecule has 9 heteroatoms. The number of aromatic nitrogens is 1. The fourth-order valence-electron chi connectivity index (χ4n) is 3.56. The van der Waals surface area contributed by atoms with Crippen LogP contribution < -0.4 is 16.4 Å². The number of carboxylic acid groups (broad SMARTS) is 1. The van der Waals surface area contributed by atoms with Crippen molar-refractivity contribution in [3.8, 4) is 17.2 Å². The molecule has 148 valence electrons. The number of pyridine rings is 1. The normalized spacial score (nSPS) is 14.9. The van der Waals surface area contributed by atoms with Gasteiger partial charge in [0.25, 0.3) is 0 Å². The van der Waals surface area contributed by atoms with E-state index in [1.54, 1.807) is 18.2 Å². The van der Waals surface area contributed by atoms with Crippen LogP contribution in [0.2, 0.25) is 0 Å². The lowest BCUT2D eigenvalue weighted by atomic mass is 10.00. The molecular weight excluding hydrogens is 393 g/mol. The van der Waals surface area contributed by atoms with Crippen LogP contribution in [0.5, 0.6) is 0 Å². The fraction of sp³-hybridized carbons (Fsp3) is 0.250. The summed E-state index contributed by atoms with van der Waals surface area (Å²) in [6, 6.07) is 8.05. The second-order valence-corrected chi connectivity index (χ2v) is 7.99. The molecule has 2 aromatic heterocycles. The molecule has 1 aliphatic rings. The third-order valence-electron chi connectivity index (χ3n) is 5.14. The first-order valence-electron chi connectivity index (χ1n) is 9.06. The highest BCUT2D eigenvalue weighted by molar-refractivity contribution is 7.21. The van der Waals surface area contributed by atoms with E-state index in [1.807, 2.05) is 0 Å². The van der Waals surface area contributed by atoms with Crippen molar-refractivity contribution < 1.29 is 14.3 Å². The highest BCUT2D eigenvalue weighted by Gasteiger charge is 2.24. The Labute approximate surface area is 170 Å². The number of nitrogens with zero attached hydrogens (tertiary/aromatic N) is 3. The van der Waals surface area contributed by atoms with Crippen molar-refractivity contribution in [2.45, 2.75) is 18.9 Å². The molecular formula is C20H18FN5O2S. The zero-order valence-corrected chi connectivity index (χ0v) is 16.2. The van der Waals surface area contributed by atoms with Crippen molar-refractivity contribution >= 4 is 39.0 Å². The van der Waals surface area contributed by atoms with E-state index in [0.29, 0.717) is 27.2 Å². The summed E-state index contributed by atoms with van der Waals surface area (Å²) in [5.41, 5.74) is 13.3. The van der Waals surface area contributed by atoms with Crippen molar-refractivity contribution in [3.05, 3.63) is 40.5 Å². The Balaban J connectivity index is 1.93. The van der Waals surface area contributed by atoms with Crippen LogP contribution >= 0.6 is 11.3 Å². The quantitative estimate of drug-likeness (QED) is 0.603. The number of benzene rings is 1. The Morgan fingerprint density at radius 3 is 2.69 bits per heavy atom. The largest absolute Gasteiger partial charge is 0.477 e. The molecule has 3 aromatic rings. The number of aromatic carboxylic acids is 1. The zero-order chi connectivity index (χ0) is 20.7. The first-order valence-corrected chi connectivity index (χ1v) is 9.87. The maximum atomic E-state index is 14.3. The number of rotatable bonds is 3. The third kappa shape index (κ3) is 3.37. The summed E-state index contributed by atoms with van der Waals surface area (Å²) in [5.74, 6) is -1.11. The number of fused-ring (bicyclic) bond motifs is 1. The summed E-state index contributed by atoms with van der Waals surface area (Å²) >= 11 is 0.998. The summed E-state index contributed by atoms with van der Waals surface area (Å²) in [4.78, 5) is 18.8. The molecule has 1 aromatic carbocycles. The summed E-state index contributed by atoms with van der Waals surface area (Å²) < 4.78 is 14.3. The first-order chi connectivity index (χ1) is 13.9. The van der Waals surface area contributed by atoms with Gasteiger partial charge in [0, 0.05) is 24.5 Å². The van der Waals surface area contributed by atoms with E-state index in [4.69, 9.17) is 16.7 Å². The molecule has 29 heavy (non-hydrogen) atoms. The lowest BCUT2D eigenvalue weighted by Crippen LogP contribution is -2.40. The molecule has 0 unspecified atom stereocenters. The molecule has 0 bridgehead atoms. The minimum atomic E-state index is -1.13. The van der Waals surface area contributed by atoms with Crippen molar-refractivity contribution in [1.82, 2.24) is 4.98 Å². The second-order valence-electron chi connectivity index (χ2n) is 6.99. The minimum Gasteiger partial charge on any atom is -0.477 e. The van der Waals surface area contributed by atoms with Gasteiger partial charge in [0.15, 0.2) is 0 Å². The van der Waals surface area contributed by atoms with Crippen molar-refractivity contribution in [2.75, 3.05) is 23.7 Å². The SMILES string of the molecule is N#Cc1ccc(-c2cc(N3CCC(N)CC3)nc3sc(C(=O)O)c(N)c23)cc1F. The standard InChI is InChI=1S/C20H18FN5O2S/c21-14-7-10(1-2-11(14)9-22)13-8-15(26-5-3-12(23)4-6-26)25-19-16(13)17(24)18(29-19)20(27)28/h1-2,7-8,12H,3-6,23-24H2,(H,27,28). The number of halogens is 1. The van der Waals surface area contributed by atoms with Gasteiger partial charge in [-0.2, -0.15) is 5.26 Å². The number of carboxylic acids is 1. The number of thiophene rings is 1. The van der Waals surface area contributed by atoms with Gasteiger partial charge in [0.05, 0.1) is 11.3 Å². The molecule has 0 aliphatic carbocycles. The summed E-state index contributed by atoms with van der Waals surface area (Å²) in [5, 5.41) is 18.9. The van der Waals surface area contributed by atoms with E-state index in [2.05, 4.69) is 9.88 Å². The van der Waals surface area contributed by atoms with Crippen molar-refractivity contribution in [1.29, 1.82) is 5.26 Å². The number of piperidine rings is 1. The van der Waals surface area contributed by atoms with Crippen LogP contribution in [0.3, 0.4) is 0 Å². The Bertz CT molecular complexity index is 1160. The molecule has 7 nitrogen and oxygen atoms in total. The second kappa shape index (κ2) is 7.31. The van der Waals surface area contributed by atoms with Crippen LogP contribution in [0.25, 0.3) is 21.3 Å². The fourth-order valence-corrected chi connectivity index (χ4v) is 4.51. The summed E-state index contributed by atoms with van der Waals surface area (Å²) in [6.07, 6.45) is 1.65. The van der Waals surface area contributed by atoms with Gasteiger partial charge >= 0.3 is 5.97 Å². The zero-order valence-electron chi connectivity index (χ0n) is 15.4. The smallest absolute Gasteiger partial charge is 0.348 e. The Morgan fingerprint density at radius 2 is 2.07 bits per heavy atom. The topological polar surface area (TPSA) is 129 Å². The van der Waals surface area contributed by atoms with E-state index in [0.717, 1.165) is 37.3 Å². The highest BCUT2D eigenvalue weighted by atomic mass is 32.1. The average Bonchev–Trinajstić information content (AvgIpc) is 3.05. The maximum Gasteiger partial charge on any atom is 0.348 e. The predicted octanol–water partition coefficient (Wildman–Crippen LogP) is 3.18. The Hall–Kier alpha value is -3.22. The molecule has 0 amide bonds. The van der Waals surface area contributed by atoms with Crippen molar-refractivity contribution in [3.63, 3.8) is 0 Å². The third-order valence-corrected chi connectivity index (χ3v) is 6.23. The van der Waals surface area contributed by atoms with Crippen LogP contribution in [-0.2, 0) is 0 Å². The van der Waals surface area contributed by atoms with Crippen LogP contribution in [0.1, 0.15) is 28.1 Å². The molecule has 0 spiro atoms. The molecule has 0 atom stereocenters. The molecule has 4 rings (SSSR count). The van der Waals surface area contributed by atoms with Gasteiger partial charge in [0.2, 0.25) is 0 Å². The van der Waals surface area contributed by atoms with Gasteiger partial charge in [-0.3, -0.25) is 0 Å². The van der Waals surface area contributed by atoms with Crippen LogP contribution in [0.4, 0.5) is 15.9 Å². The lowest BCUT2D eigenvalue weighted by Gasteiger charge is -2.31. The van der Waals surface area contributed by atoms with E-state index in [9.17, 15) is 14.3 Å². The van der Waals surface area contributed by atoms with Gasteiger partial charge in [-0.05, 0) is 42.2 Å². The van der Waals surface area contributed by atoms with Gasteiger partial charge in [-0.1, -0.05) is 6.07 Å². The highest BCUT2D eigenvalue weighted by Crippen LogP contribution is 2.41.